The van der Waals surface area contributed by atoms with Crippen molar-refractivity contribution in [2.24, 2.45) is 0 Å². The van der Waals surface area contributed by atoms with Gasteiger partial charge >= 0.3 is 6.09 Å². The van der Waals surface area contributed by atoms with Crippen LogP contribution in [0.3, 0.4) is 0 Å². The van der Waals surface area contributed by atoms with Crippen LogP contribution in [0.1, 0.15) is 38.2 Å². The van der Waals surface area contributed by atoms with Gasteiger partial charge in [0.05, 0.1) is 6.61 Å². The number of rotatable bonds is 4. The highest BCUT2D eigenvalue weighted by molar-refractivity contribution is 5.67. The molecule has 1 saturated carbocycles. The zero-order valence-electron chi connectivity index (χ0n) is 13.0. The van der Waals surface area contributed by atoms with Crippen molar-refractivity contribution in [3.63, 3.8) is 0 Å². The van der Waals surface area contributed by atoms with Crippen molar-refractivity contribution in [3.8, 4) is 0 Å². The number of piperidine rings is 1. The summed E-state index contributed by atoms with van der Waals surface area (Å²) < 4.78 is 19.1. The van der Waals surface area contributed by atoms with Gasteiger partial charge in [0, 0.05) is 30.2 Å². The van der Waals surface area contributed by atoms with Gasteiger partial charge in [-0.25, -0.2) is 9.18 Å². The van der Waals surface area contributed by atoms with Crippen molar-refractivity contribution in [2.75, 3.05) is 19.7 Å². The molecular formula is C17H23FN2O2. The Morgan fingerprint density at radius 2 is 2.05 bits per heavy atom. The van der Waals surface area contributed by atoms with Crippen LogP contribution in [0.25, 0.3) is 0 Å². The molecule has 0 unspecified atom stereocenters. The van der Waals surface area contributed by atoms with Gasteiger partial charge in [0.15, 0.2) is 0 Å². The van der Waals surface area contributed by atoms with Gasteiger partial charge in [0.1, 0.15) is 5.82 Å². The predicted octanol–water partition coefficient (Wildman–Crippen LogP) is 3.03. The number of hydrogen-bond donors (Lipinski definition) is 1. The van der Waals surface area contributed by atoms with E-state index in [0.29, 0.717) is 25.7 Å². The van der Waals surface area contributed by atoms with E-state index in [-0.39, 0.29) is 17.4 Å². The number of likely N-dealkylation sites (tertiary alicyclic amines) is 1. The molecule has 0 radical (unpaired) electrons. The Hall–Kier alpha value is -1.62. The lowest BCUT2D eigenvalue weighted by atomic mass is 9.99. The molecule has 1 saturated heterocycles. The minimum Gasteiger partial charge on any atom is -0.450 e. The molecule has 1 aliphatic heterocycles. The highest BCUT2D eigenvalue weighted by Gasteiger charge is 2.47. The van der Waals surface area contributed by atoms with E-state index < -0.39 is 0 Å². The lowest BCUT2D eigenvalue weighted by Crippen LogP contribution is -2.48. The molecule has 1 aromatic carbocycles. The molecular weight excluding hydrogens is 283 g/mol. The Bertz CT molecular complexity index is 537. The van der Waals surface area contributed by atoms with Gasteiger partial charge in [-0.05, 0) is 38.7 Å². The third kappa shape index (κ3) is 3.09. The lowest BCUT2D eigenvalue weighted by Gasteiger charge is -2.34. The van der Waals surface area contributed by atoms with Crippen molar-refractivity contribution < 1.29 is 13.9 Å². The highest BCUT2D eigenvalue weighted by Crippen LogP contribution is 2.47. The molecule has 120 valence electrons. The lowest BCUT2D eigenvalue weighted by molar-refractivity contribution is 0.0938. The molecule has 1 amide bonds. The Kier molecular flexibility index (Phi) is 4.34. The van der Waals surface area contributed by atoms with Crippen molar-refractivity contribution in [2.45, 2.75) is 44.2 Å². The van der Waals surface area contributed by atoms with E-state index in [2.05, 4.69) is 5.32 Å². The number of amides is 1. The van der Waals surface area contributed by atoms with Crippen molar-refractivity contribution in [1.29, 1.82) is 0 Å². The molecule has 22 heavy (non-hydrogen) atoms. The van der Waals surface area contributed by atoms with Crippen LogP contribution in [0.15, 0.2) is 24.3 Å². The van der Waals surface area contributed by atoms with Crippen molar-refractivity contribution in [3.05, 3.63) is 35.6 Å². The monoisotopic (exact) mass is 306 g/mol. The van der Waals surface area contributed by atoms with Crippen molar-refractivity contribution >= 4 is 6.09 Å². The van der Waals surface area contributed by atoms with E-state index in [1.54, 1.807) is 11.0 Å². The summed E-state index contributed by atoms with van der Waals surface area (Å²) in [5.74, 6) is -0.128. The van der Waals surface area contributed by atoms with E-state index in [1.165, 1.54) is 6.07 Å². The van der Waals surface area contributed by atoms with Gasteiger partial charge in [-0.15, -0.1) is 0 Å². The fraction of sp³-hybridized carbons (Fsp3) is 0.588. The van der Waals surface area contributed by atoms with E-state index in [4.69, 9.17) is 4.74 Å². The van der Waals surface area contributed by atoms with Gasteiger partial charge in [-0.2, -0.15) is 0 Å². The first-order valence-corrected chi connectivity index (χ1v) is 8.09. The van der Waals surface area contributed by atoms with Crippen LogP contribution >= 0.6 is 0 Å². The van der Waals surface area contributed by atoms with Gasteiger partial charge in [-0.1, -0.05) is 18.2 Å². The second kappa shape index (κ2) is 6.24. The Morgan fingerprint density at radius 1 is 1.36 bits per heavy atom. The summed E-state index contributed by atoms with van der Waals surface area (Å²) in [4.78, 5) is 13.5. The van der Waals surface area contributed by atoms with E-state index in [1.807, 2.05) is 19.1 Å². The number of carbonyl (C=O) groups excluding carboxylic acids is 1. The Balaban J connectivity index is 1.57. The zero-order valence-corrected chi connectivity index (χ0v) is 13.0. The molecule has 2 aliphatic rings. The molecule has 1 N–H and O–H groups in total. The number of benzene rings is 1. The van der Waals surface area contributed by atoms with Crippen LogP contribution < -0.4 is 5.32 Å². The molecule has 4 nitrogen and oxygen atoms in total. The molecule has 1 aliphatic carbocycles. The van der Waals surface area contributed by atoms with Crippen LogP contribution in [-0.2, 0) is 10.3 Å². The van der Waals surface area contributed by atoms with Gasteiger partial charge in [-0.3, -0.25) is 0 Å². The van der Waals surface area contributed by atoms with E-state index in [0.717, 1.165) is 31.2 Å². The van der Waals surface area contributed by atoms with E-state index >= 15 is 0 Å². The molecule has 0 bridgehead atoms. The van der Waals surface area contributed by atoms with Gasteiger partial charge < -0.3 is 15.0 Å². The Labute approximate surface area is 130 Å². The first-order valence-electron chi connectivity index (χ1n) is 8.09. The predicted molar refractivity (Wildman–Crippen MR) is 82.1 cm³/mol. The minimum atomic E-state index is -0.226. The summed E-state index contributed by atoms with van der Waals surface area (Å²) in [6.07, 6.45) is 3.50. The van der Waals surface area contributed by atoms with Crippen LogP contribution in [0.2, 0.25) is 0 Å². The normalized spacial score (nSPS) is 20.7. The summed E-state index contributed by atoms with van der Waals surface area (Å²) in [5.41, 5.74) is 0.588. The summed E-state index contributed by atoms with van der Waals surface area (Å²) in [5, 5.41) is 3.64. The molecule has 0 atom stereocenters. The van der Waals surface area contributed by atoms with Crippen LogP contribution in [0, 0.1) is 5.82 Å². The number of nitrogens with one attached hydrogen (secondary N) is 1. The smallest absolute Gasteiger partial charge is 0.409 e. The largest absolute Gasteiger partial charge is 0.450 e. The summed E-state index contributed by atoms with van der Waals surface area (Å²) in [6, 6.07) is 7.35. The first kappa shape index (κ1) is 15.3. The van der Waals surface area contributed by atoms with Crippen LogP contribution in [0.4, 0.5) is 9.18 Å². The maximum absolute atomic E-state index is 14.0. The molecule has 1 heterocycles. The first-order chi connectivity index (χ1) is 10.6. The maximum atomic E-state index is 14.0. The molecule has 1 aromatic rings. The summed E-state index contributed by atoms with van der Waals surface area (Å²) in [6.45, 7) is 3.62. The topological polar surface area (TPSA) is 41.6 Å². The average molecular weight is 306 g/mol. The average Bonchev–Trinajstić information content (AvgIpc) is 3.29. The van der Waals surface area contributed by atoms with Gasteiger partial charge in [0.2, 0.25) is 0 Å². The third-order valence-corrected chi connectivity index (χ3v) is 4.64. The molecule has 3 rings (SSSR count). The molecule has 0 aromatic heterocycles. The Morgan fingerprint density at radius 3 is 2.64 bits per heavy atom. The van der Waals surface area contributed by atoms with Gasteiger partial charge in [0.25, 0.3) is 0 Å². The number of halogens is 1. The number of hydrogen-bond acceptors (Lipinski definition) is 3. The fourth-order valence-corrected chi connectivity index (χ4v) is 3.28. The highest BCUT2D eigenvalue weighted by atomic mass is 19.1. The quantitative estimate of drug-likeness (QED) is 0.929. The summed E-state index contributed by atoms with van der Waals surface area (Å²) >= 11 is 0. The van der Waals surface area contributed by atoms with E-state index in [9.17, 15) is 9.18 Å². The standard InChI is InChI=1S/C17H23FN2O2/c1-2-22-16(21)20-11-7-13(8-12-20)19-17(9-10-17)14-5-3-4-6-15(14)18/h3-6,13,19H,2,7-12H2,1H3. The second-order valence-corrected chi connectivity index (χ2v) is 6.17. The molecule has 5 heteroatoms. The third-order valence-electron chi connectivity index (χ3n) is 4.64. The number of ether oxygens (including phenoxy) is 1. The number of carbonyl (C=O) groups is 1. The van der Waals surface area contributed by atoms with Crippen LogP contribution in [-0.4, -0.2) is 36.7 Å². The minimum absolute atomic E-state index is 0.128. The van der Waals surface area contributed by atoms with Crippen LogP contribution in [0.5, 0.6) is 0 Å². The molecule has 2 fully saturated rings. The maximum Gasteiger partial charge on any atom is 0.409 e. The van der Waals surface area contributed by atoms with Crippen molar-refractivity contribution in [1.82, 2.24) is 10.2 Å². The fourth-order valence-electron chi connectivity index (χ4n) is 3.28. The SMILES string of the molecule is CCOC(=O)N1CCC(NC2(c3ccccc3F)CC2)CC1. The second-order valence-electron chi connectivity index (χ2n) is 6.17. The molecule has 0 spiro atoms. The summed E-state index contributed by atoms with van der Waals surface area (Å²) in [7, 11) is 0. The number of nitrogens with zero attached hydrogens (tertiary/aromatic N) is 1. The zero-order chi connectivity index (χ0) is 15.6.